The molecule has 2 atom stereocenters. The quantitative estimate of drug-likeness (QED) is 0.824. The van der Waals surface area contributed by atoms with Gasteiger partial charge in [0.2, 0.25) is 0 Å². The van der Waals surface area contributed by atoms with Gasteiger partial charge in [0.25, 0.3) is 0 Å². The van der Waals surface area contributed by atoms with Gasteiger partial charge in [-0.3, -0.25) is 0 Å². The van der Waals surface area contributed by atoms with Crippen molar-refractivity contribution in [3.8, 4) is 11.1 Å². The van der Waals surface area contributed by atoms with Gasteiger partial charge in [-0.1, -0.05) is 48.5 Å². The predicted molar refractivity (Wildman–Crippen MR) is 96.3 cm³/mol. The Labute approximate surface area is 147 Å². The zero-order chi connectivity index (χ0) is 17.2. The SMILES string of the molecule is O=C(OCC1c2ccccc2-c2ccccc21)[C@@H](O)CC1CCCN1. The molecule has 0 saturated carbocycles. The molecule has 130 valence electrons. The second kappa shape index (κ2) is 6.98. The van der Waals surface area contributed by atoms with Crippen molar-refractivity contribution in [3.63, 3.8) is 0 Å². The van der Waals surface area contributed by atoms with E-state index in [4.69, 9.17) is 4.74 Å². The number of benzene rings is 2. The van der Waals surface area contributed by atoms with E-state index in [1.54, 1.807) is 0 Å². The van der Waals surface area contributed by atoms with Crippen molar-refractivity contribution < 1.29 is 14.6 Å². The van der Waals surface area contributed by atoms with E-state index in [0.717, 1.165) is 19.4 Å². The first-order chi connectivity index (χ1) is 12.2. The highest BCUT2D eigenvalue weighted by atomic mass is 16.5. The summed E-state index contributed by atoms with van der Waals surface area (Å²) in [6.45, 7) is 1.23. The third kappa shape index (κ3) is 3.20. The van der Waals surface area contributed by atoms with E-state index >= 15 is 0 Å². The second-order valence-electron chi connectivity index (χ2n) is 6.90. The lowest BCUT2D eigenvalue weighted by atomic mass is 9.98. The lowest BCUT2D eigenvalue weighted by molar-refractivity contribution is -0.154. The number of aliphatic hydroxyl groups is 1. The number of carbonyl (C=O) groups excluding carboxylic acids is 1. The number of hydrogen-bond acceptors (Lipinski definition) is 4. The molecule has 1 saturated heterocycles. The fraction of sp³-hybridized carbons (Fsp3) is 0.381. The summed E-state index contributed by atoms with van der Waals surface area (Å²) in [6, 6.07) is 16.7. The van der Waals surface area contributed by atoms with Crippen molar-refractivity contribution in [2.75, 3.05) is 13.2 Å². The summed E-state index contributed by atoms with van der Waals surface area (Å²) in [6.07, 6.45) is 1.48. The first-order valence-corrected chi connectivity index (χ1v) is 9.00. The lowest BCUT2D eigenvalue weighted by Crippen LogP contribution is -2.33. The molecule has 2 N–H and O–H groups in total. The van der Waals surface area contributed by atoms with Gasteiger partial charge in [-0.15, -0.1) is 0 Å². The summed E-state index contributed by atoms with van der Waals surface area (Å²) in [5, 5.41) is 13.4. The third-order valence-corrected chi connectivity index (χ3v) is 5.30. The molecule has 0 aromatic heterocycles. The fourth-order valence-corrected chi connectivity index (χ4v) is 4.02. The Morgan fingerprint density at radius 3 is 2.36 bits per heavy atom. The zero-order valence-corrected chi connectivity index (χ0v) is 14.2. The normalized spacial score (nSPS) is 20.1. The number of nitrogens with one attached hydrogen (secondary N) is 1. The highest BCUT2D eigenvalue weighted by Gasteiger charge is 2.30. The number of carbonyl (C=O) groups is 1. The number of fused-ring (bicyclic) bond motifs is 3. The van der Waals surface area contributed by atoms with Gasteiger partial charge in [0.15, 0.2) is 6.10 Å². The summed E-state index contributed by atoms with van der Waals surface area (Å²) in [5.41, 5.74) is 4.77. The van der Waals surface area contributed by atoms with Crippen LogP contribution in [0.25, 0.3) is 11.1 Å². The second-order valence-corrected chi connectivity index (χ2v) is 6.90. The molecule has 2 aromatic carbocycles. The average molecular weight is 337 g/mol. The van der Waals surface area contributed by atoms with Crippen molar-refractivity contribution in [2.24, 2.45) is 0 Å². The Bertz CT molecular complexity index is 722. The maximum atomic E-state index is 12.2. The van der Waals surface area contributed by atoms with E-state index in [2.05, 4.69) is 29.6 Å². The van der Waals surface area contributed by atoms with Crippen molar-refractivity contribution in [2.45, 2.75) is 37.3 Å². The summed E-state index contributed by atoms with van der Waals surface area (Å²) in [7, 11) is 0. The van der Waals surface area contributed by atoms with E-state index in [0.29, 0.717) is 6.42 Å². The van der Waals surface area contributed by atoms with Crippen LogP contribution in [0, 0.1) is 0 Å². The minimum Gasteiger partial charge on any atom is -0.463 e. The molecule has 1 aliphatic heterocycles. The smallest absolute Gasteiger partial charge is 0.335 e. The van der Waals surface area contributed by atoms with Gasteiger partial charge in [-0.2, -0.15) is 0 Å². The maximum absolute atomic E-state index is 12.2. The number of ether oxygens (including phenoxy) is 1. The van der Waals surface area contributed by atoms with Gasteiger partial charge in [-0.05, 0) is 48.1 Å². The van der Waals surface area contributed by atoms with E-state index in [-0.39, 0.29) is 18.6 Å². The highest BCUT2D eigenvalue weighted by Crippen LogP contribution is 2.44. The van der Waals surface area contributed by atoms with E-state index < -0.39 is 12.1 Å². The van der Waals surface area contributed by atoms with E-state index in [1.165, 1.54) is 22.3 Å². The van der Waals surface area contributed by atoms with Crippen LogP contribution in [0.1, 0.15) is 36.3 Å². The molecule has 1 aliphatic carbocycles. The first kappa shape index (κ1) is 16.3. The van der Waals surface area contributed by atoms with Gasteiger partial charge in [0, 0.05) is 12.0 Å². The fourth-order valence-electron chi connectivity index (χ4n) is 4.02. The first-order valence-electron chi connectivity index (χ1n) is 9.00. The summed E-state index contributed by atoms with van der Waals surface area (Å²) in [5.74, 6) is -0.483. The molecule has 2 aliphatic rings. The lowest BCUT2D eigenvalue weighted by Gasteiger charge is -2.18. The predicted octanol–water partition coefficient (Wildman–Crippen LogP) is 2.85. The molecule has 4 heteroatoms. The molecule has 1 unspecified atom stereocenters. The van der Waals surface area contributed by atoms with Crippen LogP contribution in [0.3, 0.4) is 0 Å². The van der Waals surface area contributed by atoms with Crippen molar-refractivity contribution in [3.05, 3.63) is 59.7 Å². The highest BCUT2D eigenvalue weighted by molar-refractivity contribution is 5.79. The standard InChI is InChI=1S/C21H23NO3/c23-20(12-14-6-5-11-22-14)21(24)25-13-19-17-9-3-1-7-15(17)16-8-2-4-10-18(16)19/h1-4,7-10,14,19-20,22-23H,5-6,11-13H2/t14?,20-/m0/s1. The minimum atomic E-state index is -1.05. The maximum Gasteiger partial charge on any atom is 0.335 e. The number of hydrogen-bond donors (Lipinski definition) is 2. The van der Waals surface area contributed by atoms with Gasteiger partial charge >= 0.3 is 5.97 Å². The number of rotatable bonds is 5. The molecular weight excluding hydrogens is 314 g/mol. The molecule has 4 rings (SSSR count). The monoisotopic (exact) mass is 337 g/mol. The van der Waals surface area contributed by atoms with Crippen LogP contribution in [0.2, 0.25) is 0 Å². The minimum absolute atomic E-state index is 0.0353. The van der Waals surface area contributed by atoms with Gasteiger partial charge < -0.3 is 15.2 Å². The largest absolute Gasteiger partial charge is 0.463 e. The number of esters is 1. The summed E-state index contributed by atoms with van der Waals surface area (Å²) < 4.78 is 5.50. The Morgan fingerprint density at radius 1 is 1.12 bits per heavy atom. The van der Waals surface area contributed by atoms with E-state index in [9.17, 15) is 9.90 Å². The van der Waals surface area contributed by atoms with E-state index in [1.807, 2.05) is 24.3 Å². The summed E-state index contributed by atoms with van der Waals surface area (Å²) >= 11 is 0. The average Bonchev–Trinajstić information content (AvgIpc) is 3.26. The van der Waals surface area contributed by atoms with Crippen LogP contribution in [-0.2, 0) is 9.53 Å². The number of aliphatic hydroxyl groups excluding tert-OH is 1. The molecule has 0 bridgehead atoms. The molecule has 0 radical (unpaired) electrons. The zero-order valence-electron chi connectivity index (χ0n) is 14.2. The van der Waals surface area contributed by atoms with Crippen LogP contribution < -0.4 is 5.32 Å². The molecule has 1 heterocycles. The Hall–Kier alpha value is -2.17. The molecule has 4 nitrogen and oxygen atoms in total. The van der Waals surface area contributed by atoms with Crippen LogP contribution in [-0.4, -0.2) is 36.4 Å². The molecular formula is C21H23NO3. The van der Waals surface area contributed by atoms with Crippen LogP contribution in [0.15, 0.2) is 48.5 Å². The van der Waals surface area contributed by atoms with Crippen LogP contribution in [0.4, 0.5) is 0 Å². The molecule has 1 fully saturated rings. The molecule has 25 heavy (non-hydrogen) atoms. The third-order valence-electron chi connectivity index (χ3n) is 5.30. The molecule has 0 spiro atoms. The topological polar surface area (TPSA) is 58.6 Å². The van der Waals surface area contributed by atoms with Crippen molar-refractivity contribution in [1.29, 1.82) is 0 Å². The van der Waals surface area contributed by atoms with Crippen molar-refractivity contribution in [1.82, 2.24) is 5.32 Å². The van der Waals surface area contributed by atoms with Gasteiger partial charge in [0.05, 0.1) is 0 Å². The summed E-state index contributed by atoms with van der Waals surface area (Å²) in [4.78, 5) is 12.2. The van der Waals surface area contributed by atoms with Gasteiger partial charge in [0.1, 0.15) is 6.61 Å². The Balaban J connectivity index is 1.45. The molecule has 0 amide bonds. The van der Waals surface area contributed by atoms with Crippen LogP contribution in [0.5, 0.6) is 0 Å². The Morgan fingerprint density at radius 2 is 1.76 bits per heavy atom. The Kier molecular flexibility index (Phi) is 4.55. The molecule has 2 aromatic rings. The van der Waals surface area contributed by atoms with Crippen LogP contribution >= 0.6 is 0 Å². The van der Waals surface area contributed by atoms with Crippen molar-refractivity contribution >= 4 is 5.97 Å². The van der Waals surface area contributed by atoms with Gasteiger partial charge in [-0.25, -0.2) is 4.79 Å².